The van der Waals surface area contributed by atoms with Crippen molar-refractivity contribution in [2.75, 3.05) is 16.4 Å². The number of amidine groups is 1. The highest BCUT2D eigenvalue weighted by molar-refractivity contribution is 8.15. The Morgan fingerprint density at radius 1 is 1.40 bits per heavy atom. The van der Waals surface area contributed by atoms with E-state index in [9.17, 15) is 13.2 Å². The van der Waals surface area contributed by atoms with Crippen LogP contribution in [0.5, 0.6) is 0 Å². The van der Waals surface area contributed by atoms with Crippen LogP contribution >= 0.6 is 11.8 Å². The van der Waals surface area contributed by atoms with E-state index in [0.717, 1.165) is 5.69 Å². The fourth-order valence-corrected chi connectivity index (χ4v) is 6.48. The van der Waals surface area contributed by atoms with Gasteiger partial charge in [0.1, 0.15) is 0 Å². The number of nitrogens with zero attached hydrogens (tertiary/aromatic N) is 1. The third-order valence-corrected chi connectivity index (χ3v) is 6.75. The molecule has 0 unspecified atom stereocenters. The first kappa shape index (κ1) is 13.6. The second-order valence-electron chi connectivity index (χ2n) is 5.08. The molecule has 0 saturated carbocycles. The molecular formula is C13H14N2O3S2. The molecule has 0 radical (unpaired) electrons. The summed E-state index contributed by atoms with van der Waals surface area (Å²) in [6, 6.07) is 6.83. The molecular weight excluding hydrogens is 296 g/mol. The van der Waals surface area contributed by atoms with Crippen LogP contribution in [0.2, 0.25) is 0 Å². The molecule has 0 aromatic heterocycles. The zero-order valence-electron chi connectivity index (χ0n) is 10.9. The Balaban J connectivity index is 1.99. The molecule has 2 saturated heterocycles. The number of carbonyl (C=O) groups is 1. The number of carbonyl (C=O) groups excluding carboxylic acids is 1. The topological polar surface area (TPSA) is 78.3 Å². The van der Waals surface area contributed by atoms with Gasteiger partial charge in [-0.05, 0) is 19.1 Å². The predicted octanol–water partition coefficient (Wildman–Crippen LogP) is 1.54. The molecule has 1 aromatic rings. The van der Waals surface area contributed by atoms with Gasteiger partial charge in [-0.3, -0.25) is 10.2 Å². The van der Waals surface area contributed by atoms with Crippen molar-refractivity contribution in [3.63, 3.8) is 0 Å². The fraction of sp³-hybridized carbons (Fsp3) is 0.385. The number of hydrogen-bond acceptors (Lipinski definition) is 5. The van der Waals surface area contributed by atoms with Crippen molar-refractivity contribution in [1.29, 1.82) is 5.41 Å². The summed E-state index contributed by atoms with van der Waals surface area (Å²) >= 11 is 1.30. The van der Waals surface area contributed by atoms with E-state index in [2.05, 4.69) is 0 Å². The van der Waals surface area contributed by atoms with Gasteiger partial charge in [0.2, 0.25) is 0 Å². The minimum Gasteiger partial charge on any atom is -0.316 e. The summed E-state index contributed by atoms with van der Waals surface area (Å²) in [7, 11) is -3.02. The van der Waals surface area contributed by atoms with Crippen molar-refractivity contribution < 1.29 is 13.2 Å². The molecule has 3 rings (SSSR count). The van der Waals surface area contributed by atoms with Crippen LogP contribution < -0.4 is 4.90 Å². The standard InChI is InChI=1S/C13H14N2O3S2/c1-8(16)9-3-2-4-10(5-9)15-11-6-20(17,18)7-12(11)19-13(15)14/h2-5,11-12,14H,6-7H2,1H3/t11-,12-/m1/s1. The monoisotopic (exact) mass is 310 g/mol. The highest BCUT2D eigenvalue weighted by Crippen LogP contribution is 2.40. The van der Waals surface area contributed by atoms with Gasteiger partial charge in [0.15, 0.2) is 20.8 Å². The smallest absolute Gasteiger partial charge is 0.161 e. The Bertz CT molecular complexity index is 699. The molecule has 1 aromatic carbocycles. The van der Waals surface area contributed by atoms with Crippen molar-refractivity contribution in [1.82, 2.24) is 0 Å². The first-order valence-corrected chi connectivity index (χ1v) is 8.93. The molecule has 2 aliphatic heterocycles. The number of ketones is 1. The normalized spacial score (nSPS) is 27.6. The van der Waals surface area contributed by atoms with Crippen molar-refractivity contribution in [3.05, 3.63) is 29.8 Å². The summed E-state index contributed by atoms with van der Waals surface area (Å²) in [6.07, 6.45) is 0. The van der Waals surface area contributed by atoms with Gasteiger partial charge in [0.25, 0.3) is 0 Å². The lowest BCUT2D eigenvalue weighted by molar-refractivity contribution is 0.101. The number of hydrogen-bond donors (Lipinski definition) is 1. The summed E-state index contributed by atoms with van der Waals surface area (Å²) in [5, 5.41) is 8.34. The maximum atomic E-state index is 11.7. The number of sulfone groups is 1. The van der Waals surface area contributed by atoms with Crippen LogP contribution in [-0.4, -0.2) is 42.2 Å². The Morgan fingerprint density at radius 2 is 2.15 bits per heavy atom. The first-order valence-electron chi connectivity index (χ1n) is 6.23. The number of rotatable bonds is 2. The number of thioether (sulfide) groups is 1. The van der Waals surface area contributed by atoms with Gasteiger partial charge in [0.05, 0.1) is 17.5 Å². The third kappa shape index (κ3) is 2.25. The van der Waals surface area contributed by atoms with Gasteiger partial charge in [-0.2, -0.15) is 0 Å². The Hall–Kier alpha value is -1.34. The molecule has 0 bridgehead atoms. The van der Waals surface area contributed by atoms with E-state index >= 15 is 0 Å². The average molecular weight is 310 g/mol. The summed E-state index contributed by atoms with van der Waals surface area (Å²) in [5.74, 6) is 0.172. The number of Topliss-reactive ketones (excluding diaryl/α,β-unsaturated/α-hetero) is 1. The van der Waals surface area contributed by atoms with Crippen LogP contribution in [0.3, 0.4) is 0 Å². The molecule has 0 amide bonds. The van der Waals surface area contributed by atoms with Gasteiger partial charge < -0.3 is 4.90 Å². The number of benzene rings is 1. The minimum atomic E-state index is -3.02. The van der Waals surface area contributed by atoms with E-state index < -0.39 is 9.84 Å². The summed E-state index contributed by atoms with van der Waals surface area (Å²) in [6.45, 7) is 1.49. The van der Waals surface area contributed by atoms with Crippen molar-refractivity contribution >= 4 is 38.2 Å². The average Bonchev–Trinajstić information content (AvgIpc) is 2.79. The molecule has 1 N–H and O–H groups in total. The van der Waals surface area contributed by atoms with E-state index in [1.54, 1.807) is 23.1 Å². The first-order chi connectivity index (χ1) is 9.37. The van der Waals surface area contributed by atoms with Crippen LogP contribution in [0.25, 0.3) is 0 Å². The maximum Gasteiger partial charge on any atom is 0.161 e. The Labute approximate surface area is 121 Å². The molecule has 7 heteroatoms. The Kier molecular flexibility index (Phi) is 3.13. The quantitative estimate of drug-likeness (QED) is 0.838. The minimum absolute atomic E-state index is 0.0409. The lowest BCUT2D eigenvalue weighted by Gasteiger charge is -2.24. The molecule has 106 valence electrons. The number of nitrogens with one attached hydrogen (secondary N) is 1. The van der Waals surface area contributed by atoms with Gasteiger partial charge in [-0.25, -0.2) is 8.42 Å². The molecule has 2 atom stereocenters. The van der Waals surface area contributed by atoms with Crippen molar-refractivity contribution in [3.8, 4) is 0 Å². The summed E-state index contributed by atoms with van der Waals surface area (Å²) in [5.41, 5.74) is 1.30. The SMILES string of the molecule is CC(=O)c1cccc(N2C(=N)S[C@@H]3CS(=O)(=O)C[C@H]32)c1. The molecule has 5 nitrogen and oxygen atoms in total. The zero-order chi connectivity index (χ0) is 14.5. The van der Waals surface area contributed by atoms with Gasteiger partial charge in [-0.1, -0.05) is 23.9 Å². The largest absolute Gasteiger partial charge is 0.316 e. The van der Waals surface area contributed by atoms with Crippen LogP contribution in [0.15, 0.2) is 24.3 Å². The molecule has 2 heterocycles. The lowest BCUT2D eigenvalue weighted by atomic mass is 10.1. The number of fused-ring (bicyclic) bond motifs is 1. The van der Waals surface area contributed by atoms with Crippen LogP contribution in [0.1, 0.15) is 17.3 Å². The molecule has 0 spiro atoms. The van der Waals surface area contributed by atoms with Crippen molar-refractivity contribution in [2.24, 2.45) is 0 Å². The predicted molar refractivity (Wildman–Crippen MR) is 80.5 cm³/mol. The second-order valence-corrected chi connectivity index (χ2v) is 8.46. The van der Waals surface area contributed by atoms with E-state index in [4.69, 9.17) is 5.41 Å². The molecule has 20 heavy (non-hydrogen) atoms. The third-order valence-electron chi connectivity index (χ3n) is 3.62. The van der Waals surface area contributed by atoms with Gasteiger partial charge in [-0.15, -0.1) is 0 Å². The van der Waals surface area contributed by atoms with Crippen LogP contribution in [-0.2, 0) is 9.84 Å². The maximum absolute atomic E-state index is 11.7. The van der Waals surface area contributed by atoms with E-state index in [0.29, 0.717) is 10.7 Å². The fourth-order valence-electron chi connectivity index (χ4n) is 2.68. The Morgan fingerprint density at radius 3 is 2.85 bits per heavy atom. The summed E-state index contributed by atoms with van der Waals surface area (Å²) in [4.78, 5) is 13.2. The lowest BCUT2D eigenvalue weighted by Crippen LogP contribution is -2.37. The molecule has 2 fully saturated rings. The summed E-state index contributed by atoms with van der Waals surface area (Å²) < 4.78 is 23.5. The molecule has 2 aliphatic rings. The van der Waals surface area contributed by atoms with Gasteiger partial charge >= 0.3 is 0 Å². The number of anilines is 1. The van der Waals surface area contributed by atoms with E-state index in [1.807, 2.05) is 6.07 Å². The van der Waals surface area contributed by atoms with E-state index in [1.165, 1.54) is 18.7 Å². The highest BCUT2D eigenvalue weighted by Gasteiger charge is 2.48. The van der Waals surface area contributed by atoms with Crippen molar-refractivity contribution in [2.45, 2.75) is 18.2 Å². The van der Waals surface area contributed by atoms with Crippen LogP contribution in [0.4, 0.5) is 5.69 Å². The van der Waals surface area contributed by atoms with Gasteiger partial charge in [0, 0.05) is 16.5 Å². The highest BCUT2D eigenvalue weighted by atomic mass is 32.2. The van der Waals surface area contributed by atoms with Crippen LogP contribution in [0, 0.1) is 5.41 Å². The second kappa shape index (κ2) is 4.60. The van der Waals surface area contributed by atoms with E-state index in [-0.39, 0.29) is 28.6 Å². The molecule has 0 aliphatic carbocycles. The zero-order valence-corrected chi connectivity index (χ0v) is 12.5.